The number of carbonyl (C=O) groups is 1. The van der Waals surface area contributed by atoms with E-state index < -0.39 is 0 Å². The number of aromatic nitrogens is 3. The van der Waals surface area contributed by atoms with Gasteiger partial charge in [0.05, 0.1) is 18.8 Å². The Bertz CT molecular complexity index is 1030. The van der Waals surface area contributed by atoms with Crippen LogP contribution in [0, 0.1) is 6.92 Å². The Kier molecular flexibility index (Phi) is 6.50. The number of fused-ring (bicyclic) bond motifs is 1. The number of rotatable bonds is 6. The highest BCUT2D eigenvalue weighted by Gasteiger charge is 2.24. The van der Waals surface area contributed by atoms with E-state index >= 15 is 0 Å². The minimum absolute atomic E-state index is 0.234. The average Bonchev–Trinajstić information content (AvgIpc) is 3.00. The Labute approximate surface area is 183 Å². The molecule has 162 valence electrons. The molecular formula is C24H29N5O2. The summed E-state index contributed by atoms with van der Waals surface area (Å²) in [5.74, 6) is 2.46. The van der Waals surface area contributed by atoms with Crippen LogP contribution in [0.4, 0.5) is 16.2 Å². The lowest BCUT2D eigenvalue weighted by atomic mass is 10.2. The molecule has 0 aliphatic carbocycles. The molecule has 31 heavy (non-hydrogen) atoms. The molecule has 0 spiro atoms. The zero-order valence-corrected chi connectivity index (χ0v) is 18.2. The van der Waals surface area contributed by atoms with Crippen molar-refractivity contribution in [2.75, 3.05) is 16.8 Å². The second-order valence-corrected chi connectivity index (χ2v) is 7.78. The molecule has 2 amide bonds. The first kappa shape index (κ1) is 20.9. The van der Waals surface area contributed by atoms with E-state index in [1.807, 2.05) is 62.4 Å². The molecule has 1 aromatic heterocycles. The van der Waals surface area contributed by atoms with E-state index in [-0.39, 0.29) is 6.03 Å². The number of carbonyl (C=O) groups excluding carboxylic acids is 1. The second kappa shape index (κ2) is 9.64. The van der Waals surface area contributed by atoms with Crippen LogP contribution in [0.1, 0.15) is 43.4 Å². The van der Waals surface area contributed by atoms with Gasteiger partial charge in [-0.15, -0.1) is 10.2 Å². The van der Waals surface area contributed by atoms with Gasteiger partial charge in [-0.05, 0) is 51.0 Å². The van der Waals surface area contributed by atoms with Crippen LogP contribution < -0.4 is 15.0 Å². The smallest absolute Gasteiger partial charge is 0.326 e. The first-order valence-corrected chi connectivity index (χ1v) is 10.9. The molecule has 7 heteroatoms. The Morgan fingerprint density at radius 1 is 1.10 bits per heavy atom. The highest BCUT2D eigenvalue weighted by atomic mass is 16.5. The highest BCUT2D eigenvalue weighted by Crippen LogP contribution is 2.30. The van der Waals surface area contributed by atoms with Gasteiger partial charge in [-0.25, -0.2) is 4.79 Å². The van der Waals surface area contributed by atoms with Crippen molar-refractivity contribution in [3.63, 3.8) is 0 Å². The number of ether oxygens (including phenoxy) is 1. The lowest BCUT2D eigenvalue weighted by Gasteiger charge is -2.25. The third-order valence-corrected chi connectivity index (χ3v) is 5.49. The highest BCUT2D eigenvalue weighted by molar-refractivity contribution is 6.02. The molecule has 1 aliphatic heterocycles. The summed E-state index contributed by atoms with van der Waals surface area (Å²) in [4.78, 5) is 15.1. The minimum Gasteiger partial charge on any atom is -0.492 e. The predicted molar refractivity (Wildman–Crippen MR) is 122 cm³/mol. The van der Waals surface area contributed by atoms with Crippen LogP contribution >= 0.6 is 0 Å². The van der Waals surface area contributed by atoms with Gasteiger partial charge < -0.3 is 14.6 Å². The number of urea groups is 1. The van der Waals surface area contributed by atoms with Crippen molar-refractivity contribution in [1.29, 1.82) is 0 Å². The summed E-state index contributed by atoms with van der Waals surface area (Å²) in [6.45, 7) is 5.68. The quantitative estimate of drug-likeness (QED) is 0.614. The van der Waals surface area contributed by atoms with Crippen molar-refractivity contribution in [1.82, 2.24) is 14.8 Å². The molecule has 3 aromatic rings. The number of amides is 2. The summed E-state index contributed by atoms with van der Waals surface area (Å²) in [5.41, 5.74) is 2.59. The maximum Gasteiger partial charge on any atom is 0.326 e. The Hall–Kier alpha value is -3.35. The molecule has 0 radical (unpaired) electrons. The fraction of sp³-hybridized carbons (Fsp3) is 0.375. The summed E-state index contributed by atoms with van der Waals surface area (Å²) >= 11 is 0. The average molecular weight is 420 g/mol. The normalized spacial score (nSPS) is 13.2. The van der Waals surface area contributed by atoms with Crippen LogP contribution in [-0.2, 0) is 19.5 Å². The number of para-hydroxylation sites is 2. The molecule has 7 nitrogen and oxygen atoms in total. The minimum atomic E-state index is -0.234. The Balaban J connectivity index is 1.67. The van der Waals surface area contributed by atoms with Gasteiger partial charge in [-0.3, -0.25) is 4.90 Å². The summed E-state index contributed by atoms with van der Waals surface area (Å²) < 4.78 is 7.99. The topological polar surface area (TPSA) is 72.3 Å². The van der Waals surface area contributed by atoms with Gasteiger partial charge in [-0.1, -0.05) is 36.2 Å². The van der Waals surface area contributed by atoms with Gasteiger partial charge in [0.2, 0.25) is 0 Å². The van der Waals surface area contributed by atoms with E-state index in [2.05, 4.69) is 20.1 Å². The number of aryl methyl sites for hydroxylation is 2. The van der Waals surface area contributed by atoms with Gasteiger partial charge in [0, 0.05) is 18.7 Å². The predicted octanol–water partition coefficient (Wildman–Crippen LogP) is 4.95. The molecule has 0 atom stereocenters. The van der Waals surface area contributed by atoms with E-state index in [1.165, 1.54) is 6.42 Å². The van der Waals surface area contributed by atoms with Crippen LogP contribution in [0.3, 0.4) is 0 Å². The molecule has 1 aliphatic rings. The van der Waals surface area contributed by atoms with Crippen LogP contribution in [-0.4, -0.2) is 27.4 Å². The third kappa shape index (κ3) is 4.87. The third-order valence-electron chi connectivity index (χ3n) is 5.49. The second-order valence-electron chi connectivity index (χ2n) is 7.78. The first-order chi connectivity index (χ1) is 15.2. The number of hydrogen-bond acceptors (Lipinski definition) is 4. The molecule has 2 aromatic carbocycles. The summed E-state index contributed by atoms with van der Waals surface area (Å²) in [7, 11) is 0. The lowest BCUT2D eigenvalue weighted by Crippen LogP contribution is -2.36. The summed E-state index contributed by atoms with van der Waals surface area (Å²) in [5, 5.41) is 11.8. The number of nitrogens with zero attached hydrogens (tertiary/aromatic N) is 4. The van der Waals surface area contributed by atoms with Crippen LogP contribution in [0.2, 0.25) is 0 Å². The molecule has 0 saturated carbocycles. The molecule has 0 fully saturated rings. The Morgan fingerprint density at radius 3 is 2.71 bits per heavy atom. The number of benzene rings is 2. The number of anilines is 2. The van der Waals surface area contributed by atoms with Crippen molar-refractivity contribution in [3.05, 3.63) is 65.7 Å². The number of nitrogens with one attached hydrogen (secondary N) is 1. The number of hydrogen-bond donors (Lipinski definition) is 1. The zero-order valence-electron chi connectivity index (χ0n) is 18.2. The van der Waals surface area contributed by atoms with Crippen molar-refractivity contribution >= 4 is 17.4 Å². The molecule has 4 rings (SSSR count). The maximum atomic E-state index is 13.4. The van der Waals surface area contributed by atoms with E-state index in [0.717, 1.165) is 48.7 Å². The fourth-order valence-electron chi connectivity index (χ4n) is 3.86. The largest absolute Gasteiger partial charge is 0.492 e. The first-order valence-electron chi connectivity index (χ1n) is 10.9. The van der Waals surface area contributed by atoms with E-state index in [9.17, 15) is 4.79 Å². The van der Waals surface area contributed by atoms with Gasteiger partial charge in [-0.2, -0.15) is 0 Å². The SMILES string of the molecule is CCOc1ccccc1N(Cc1nnc2n1CCCCC2)C(=O)Nc1ccc(C)cc1. The van der Waals surface area contributed by atoms with E-state index in [1.54, 1.807) is 4.90 Å². The van der Waals surface area contributed by atoms with Crippen LogP contribution in [0.5, 0.6) is 5.75 Å². The van der Waals surface area contributed by atoms with Gasteiger partial charge in [0.25, 0.3) is 0 Å². The van der Waals surface area contributed by atoms with Gasteiger partial charge in [0.1, 0.15) is 11.6 Å². The Morgan fingerprint density at radius 2 is 1.90 bits per heavy atom. The monoisotopic (exact) mass is 419 g/mol. The van der Waals surface area contributed by atoms with E-state index in [0.29, 0.717) is 24.6 Å². The van der Waals surface area contributed by atoms with Crippen molar-refractivity contribution in [3.8, 4) is 5.75 Å². The fourth-order valence-corrected chi connectivity index (χ4v) is 3.86. The lowest BCUT2D eigenvalue weighted by molar-refractivity contribution is 0.256. The van der Waals surface area contributed by atoms with Gasteiger partial charge in [0.15, 0.2) is 5.82 Å². The molecule has 1 N–H and O–H groups in total. The van der Waals surface area contributed by atoms with E-state index in [4.69, 9.17) is 4.74 Å². The van der Waals surface area contributed by atoms with Crippen LogP contribution in [0.25, 0.3) is 0 Å². The summed E-state index contributed by atoms with van der Waals surface area (Å²) in [6, 6.07) is 15.1. The van der Waals surface area contributed by atoms with Gasteiger partial charge >= 0.3 is 6.03 Å². The van der Waals surface area contributed by atoms with Crippen molar-refractivity contribution < 1.29 is 9.53 Å². The van der Waals surface area contributed by atoms with Crippen molar-refractivity contribution in [2.24, 2.45) is 0 Å². The standard InChI is InChI=1S/C24H29N5O2/c1-3-31-21-10-7-6-9-20(21)29(24(30)25-19-14-12-18(2)13-15-19)17-23-27-26-22-11-5-4-8-16-28(22)23/h6-7,9-10,12-15H,3-5,8,11,16-17H2,1-2H3,(H,25,30). The molecular weight excluding hydrogens is 390 g/mol. The van der Waals surface area contributed by atoms with Crippen LogP contribution in [0.15, 0.2) is 48.5 Å². The zero-order chi connectivity index (χ0) is 21.6. The summed E-state index contributed by atoms with van der Waals surface area (Å²) in [6.07, 6.45) is 4.35. The molecule has 0 unspecified atom stereocenters. The maximum absolute atomic E-state index is 13.4. The molecule has 0 saturated heterocycles. The molecule has 2 heterocycles. The van der Waals surface area contributed by atoms with Crippen molar-refractivity contribution in [2.45, 2.75) is 52.6 Å². The molecule has 0 bridgehead atoms.